The summed E-state index contributed by atoms with van der Waals surface area (Å²) in [5.41, 5.74) is -0.604. The van der Waals surface area contributed by atoms with Crippen LogP contribution in [0.2, 0.25) is 5.02 Å². The number of hydrogen-bond acceptors (Lipinski definition) is 4. The number of carbonyl (C=O) groups is 1. The van der Waals surface area contributed by atoms with Crippen molar-refractivity contribution < 1.29 is 22.7 Å². The normalized spacial score (nSPS) is 26.6. The van der Waals surface area contributed by atoms with Gasteiger partial charge in [-0.1, -0.05) is 11.6 Å². The van der Waals surface area contributed by atoms with Gasteiger partial charge in [0, 0.05) is 18.5 Å². The molecule has 2 aliphatic heterocycles. The van der Waals surface area contributed by atoms with Crippen molar-refractivity contribution in [3.8, 4) is 5.75 Å². The summed E-state index contributed by atoms with van der Waals surface area (Å²) in [4.78, 5) is 14.1. The van der Waals surface area contributed by atoms with Gasteiger partial charge in [0.1, 0.15) is 11.6 Å². The number of likely N-dealkylation sites (tertiary alicyclic amines) is 1. The minimum absolute atomic E-state index is 0.0830. The Morgan fingerprint density at radius 3 is 2.74 bits per heavy atom. The number of halogens is 2. The van der Waals surface area contributed by atoms with Crippen LogP contribution in [0, 0.1) is 11.2 Å². The quantitative estimate of drug-likeness (QED) is 0.832. The van der Waals surface area contributed by atoms with E-state index in [2.05, 4.69) is 0 Å². The number of piperidine rings is 1. The molecule has 2 fully saturated rings. The van der Waals surface area contributed by atoms with Crippen molar-refractivity contribution in [3.63, 3.8) is 0 Å². The van der Waals surface area contributed by atoms with Crippen LogP contribution in [0.15, 0.2) is 12.1 Å². The monoisotopic (exact) mass is 361 g/mol. The fourth-order valence-corrected chi connectivity index (χ4v) is 5.99. The number of aromatic hydroxyl groups is 1. The van der Waals surface area contributed by atoms with Crippen LogP contribution in [0.4, 0.5) is 4.39 Å². The molecule has 1 aromatic rings. The van der Waals surface area contributed by atoms with Gasteiger partial charge < -0.3 is 10.0 Å². The maximum absolute atomic E-state index is 13.5. The first-order chi connectivity index (χ1) is 10.7. The molecular weight excluding hydrogens is 345 g/mol. The summed E-state index contributed by atoms with van der Waals surface area (Å²) >= 11 is 5.72. The molecule has 2 aliphatic rings. The summed E-state index contributed by atoms with van der Waals surface area (Å²) < 4.78 is 37.1. The van der Waals surface area contributed by atoms with Crippen LogP contribution in [-0.2, 0) is 9.84 Å². The summed E-state index contributed by atoms with van der Waals surface area (Å²) in [5.74, 6) is -1.44. The van der Waals surface area contributed by atoms with E-state index >= 15 is 0 Å². The molecule has 1 aromatic carbocycles. The molecule has 0 aromatic heterocycles. The molecule has 3 rings (SSSR count). The first-order valence-electron chi connectivity index (χ1n) is 7.39. The van der Waals surface area contributed by atoms with Crippen molar-refractivity contribution >= 4 is 27.3 Å². The van der Waals surface area contributed by atoms with E-state index in [4.69, 9.17) is 11.6 Å². The molecule has 1 atom stereocenters. The lowest BCUT2D eigenvalue weighted by Gasteiger charge is -2.39. The van der Waals surface area contributed by atoms with Crippen molar-refractivity contribution in [1.82, 2.24) is 4.90 Å². The fourth-order valence-electron chi connectivity index (χ4n) is 3.59. The molecule has 1 unspecified atom stereocenters. The average molecular weight is 362 g/mol. The summed E-state index contributed by atoms with van der Waals surface area (Å²) in [6.45, 7) is 0.757. The van der Waals surface area contributed by atoms with E-state index in [0.717, 1.165) is 18.6 Å². The second-order valence-electron chi connectivity index (χ2n) is 6.46. The first kappa shape index (κ1) is 16.5. The molecule has 23 heavy (non-hydrogen) atoms. The Morgan fingerprint density at radius 1 is 1.35 bits per heavy atom. The molecule has 2 saturated heterocycles. The highest BCUT2D eigenvalue weighted by molar-refractivity contribution is 7.91. The van der Waals surface area contributed by atoms with Crippen LogP contribution in [0.1, 0.15) is 29.6 Å². The Bertz CT molecular complexity index is 767. The first-order valence-corrected chi connectivity index (χ1v) is 9.59. The van der Waals surface area contributed by atoms with Crippen molar-refractivity contribution in [2.75, 3.05) is 24.6 Å². The minimum atomic E-state index is -3.06. The lowest BCUT2D eigenvalue weighted by molar-refractivity contribution is 0.0560. The fraction of sp³-hybridized carbons (Fsp3) is 0.533. The number of nitrogens with zero attached hydrogens (tertiary/aromatic N) is 1. The molecule has 1 amide bonds. The van der Waals surface area contributed by atoms with Crippen LogP contribution in [0.25, 0.3) is 0 Å². The molecule has 0 radical (unpaired) electrons. The summed E-state index contributed by atoms with van der Waals surface area (Å²) in [6.07, 6.45) is 1.98. The maximum atomic E-state index is 13.5. The standard InChI is InChI=1S/C15H17ClFNO4S/c16-12-7-10(17)6-11(13(12)19)14(20)18-4-1-2-15(8-18)3-5-23(21,22)9-15/h6-7,19H,1-5,8-9H2. The summed E-state index contributed by atoms with van der Waals surface area (Å²) in [6, 6.07) is 1.89. The van der Waals surface area contributed by atoms with E-state index in [9.17, 15) is 22.7 Å². The molecule has 2 heterocycles. The molecule has 8 heteroatoms. The number of hydrogen-bond donors (Lipinski definition) is 1. The third-order valence-corrected chi connectivity index (χ3v) is 6.84. The van der Waals surface area contributed by atoms with E-state index in [1.807, 2.05) is 0 Å². The van der Waals surface area contributed by atoms with Gasteiger partial charge in [0.05, 0.1) is 22.1 Å². The van der Waals surface area contributed by atoms with Crippen LogP contribution in [0.5, 0.6) is 5.75 Å². The lowest BCUT2D eigenvalue weighted by Crippen LogP contribution is -2.46. The predicted octanol–water partition coefficient (Wildman–Crippen LogP) is 2.23. The van der Waals surface area contributed by atoms with Crippen LogP contribution in [0.3, 0.4) is 0 Å². The van der Waals surface area contributed by atoms with Gasteiger partial charge in [-0.25, -0.2) is 12.8 Å². The Balaban J connectivity index is 1.86. The number of amides is 1. The van der Waals surface area contributed by atoms with Gasteiger partial charge in [-0.3, -0.25) is 4.79 Å². The average Bonchev–Trinajstić information content (AvgIpc) is 2.77. The predicted molar refractivity (Wildman–Crippen MR) is 83.9 cm³/mol. The molecule has 1 N–H and O–H groups in total. The lowest BCUT2D eigenvalue weighted by atomic mass is 9.79. The largest absolute Gasteiger partial charge is 0.506 e. The molecule has 0 saturated carbocycles. The summed E-state index contributed by atoms with van der Waals surface area (Å²) in [7, 11) is -3.06. The van der Waals surface area contributed by atoms with Gasteiger partial charge in [-0.2, -0.15) is 0 Å². The SMILES string of the molecule is O=C(c1cc(F)cc(Cl)c1O)N1CCCC2(CCS(=O)(=O)C2)C1. The van der Waals surface area contributed by atoms with Gasteiger partial charge in [0.15, 0.2) is 9.84 Å². The maximum Gasteiger partial charge on any atom is 0.257 e. The van der Waals surface area contributed by atoms with Gasteiger partial charge in [0.25, 0.3) is 5.91 Å². The van der Waals surface area contributed by atoms with E-state index in [0.29, 0.717) is 25.9 Å². The van der Waals surface area contributed by atoms with E-state index in [-0.39, 0.29) is 22.1 Å². The second-order valence-corrected chi connectivity index (χ2v) is 9.05. The number of rotatable bonds is 1. The molecule has 0 bridgehead atoms. The topological polar surface area (TPSA) is 74.7 Å². The van der Waals surface area contributed by atoms with Gasteiger partial charge >= 0.3 is 0 Å². The molecule has 0 aliphatic carbocycles. The number of benzene rings is 1. The Labute approximate surface area is 139 Å². The van der Waals surface area contributed by atoms with Crippen LogP contribution >= 0.6 is 11.6 Å². The van der Waals surface area contributed by atoms with E-state index < -0.39 is 32.7 Å². The number of phenolic OH excluding ortho intramolecular Hbond substituents is 1. The Morgan fingerprint density at radius 2 is 2.09 bits per heavy atom. The van der Waals surface area contributed by atoms with E-state index in [1.54, 1.807) is 0 Å². The van der Waals surface area contributed by atoms with Crippen LogP contribution in [-0.4, -0.2) is 48.9 Å². The number of phenols is 1. The van der Waals surface area contributed by atoms with Gasteiger partial charge in [-0.15, -0.1) is 0 Å². The second kappa shape index (κ2) is 5.63. The molecule has 1 spiro atoms. The zero-order valence-corrected chi connectivity index (χ0v) is 14.0. The highest BCUT2D eigenvalue weighted by atomic mass is 35.5. The van der Waals surface area contributed by atoms with Crippen molar-refractivity contribution in [3.05, 3.63) is 28.5 Å². The zero-order valence-electron chi connectivity index (χ0n) is 12.4. The third kappa shape index (κ3) is 3.17. The van der Waals surface area contributed by atoms with E-state index in [1.165, 1.54) is 4.90 Å². The highest BCUT2D eigenvalue weighted by Gasteiger charge is 2.45. The van der Waals surface area contributed by atoms with Crippen molar-refractivity contribution in [2.24, 2.45) is 5.41 Å². The van der Waals surface area contributed by atoms with Crippen molar-refractivity contribution in [1.29, 1.82) is 0 Å². The zero-order chi connectivity index (χ0) is 16.8. The molecular formula is C15H17ClFNO4S. The highest BCUT2D eigenvalue weighted by Crippen LogP contribution is 2.41. The number of carbonyl (C=O) groups excluding carboxylic acids is 1. The summed E-state index contributed by atoms with van der Waals surface area (Å²) in [5, 5.41) is 9.70. The van der Waals surface area contributed by atoms with Crippen LogP contribution < -0.4 is 0 Å². The van der Waals surface area contributed by atoms with Gasteiger partial charge in [0.2, 0.25) is 0 Å². The molecule has 5 nitrogen and oxygen atoms in total. The Hall–Kier alpha value is -1.34. The number of sulfone groups is 1. The smallest absolute Gasteiger partial charge is 0.257 e. The minimum Gasteiger partial charge on any atom is -0.506 e. The molecule has 126 valence electrons. The third-order valence-electron chi connectivity index (χ3n) is 4.68. The Kier molecular flexibility index (Phi) is 4.04. The van der Waals surface area contributed by atoms with Crippen molar-refractivity contribution in [2.45, 2.75) is 19.3 Å². The van der Waals surface area contributed by atoms with Gasteiger partial charge in [-0.05, 0) is 31.4 Å².